The van der Waals surface area contributed by atoms with Gasteiger partial charge in [0.05, 0.1) is 32.7 Å². The van der Waals surface area contributed by atoms with Crippen LogP contribution in [0.3, 0.4) is 0 Å². The molecule has 2 N–H and O–H groups in total. The molecule has 9 nitrogen and oxygen atoms in total. The molecule has 0 spiro atoms. The highest BCUT2D eigenvalue weighted by Gasteiger charge is 2.39. The minimum Gasteiger partial charge on any atom is -0.497 e. The van der Waals surface area contributed by atoms with E-state index in [0.717, 1.165) is 4.90 Å². The monoisotopic (exact) mass is 399 g/mol. The fourth-order valence-corrected chi connectivity index (χ4v) is 2.94. The van der Waals surface area contributed by atoms with Gasteiger partial charge in [0, 0.05) is 18.7 Å². The molecule has 2 aromatic carbocycles. The van der Waals surface area contributed by atoms with E-state index in [9.17, 15) is 14.4 Å². The average Bonchev–Trinajstić information content (AvgIpc) is 2.73. The van der Waals surface area contributed by atoms with Crippen LogP contribution in [0.5, 0.6) is 17.2 Å². The first kappa shape index (κ1) is 20.0. The molecule has 0 bridgehead atoms. The fraction of sp³-hybridized carbons (Fsp3) is 0.250. The van der Waals surface area contributed by atoms with Crippen molar-refractivity contribution in [2.75, 3.05) is 38.1 Å². The third kappa shape index (κ3) is 4.08. The molecule has 3 rings (SSSR count). The molecule has 1 heterocycles. The van der Waals surface area contributed by atoms with Crippen LogP contribution in [0.25, 0.3) is 0 Å². The van der Waals surface area contributed by atoms with Gasteiger partial charge in [0.25, 0.3) is 0 Å². The second kappa shape index (κ2) is 8.51. The lowest BCUT2D eigenvalue weighted by Gasteiger charge is -2.30. The summed E-state index contributed by atoms with van der Waals surface area (Å²) in [7, 11) is 4.45. The summed E-state index contributed by atoms with van der Waals surface area (Å²) in [6, 6.07) is 10.8. The molecular weight excluding hydrogens is 378 g/mol. The number of nitrogens with zero attached hydrogens (tertiary/aromatic N) is 1. The first-order valence-corrected chi connectivity index (χ1v) is 8.77. The molecule has 29 heavy (non-hydrogen) atoms. The van der Waals surface area contributed by atoms with Crippen molar-refractivity contribution in [1.29, 1.82) is 0 Å². The van der Waals surface area contributed by atoms with Gasteiger partial charge >= 0.3 is 6.03 Å². The molecule has 0 aromatic heterocycles. The van der Waals surface area contributed by atoms with Gasteiger partial charge in [0.1, 0.15) is 23.2 Å². The highest BCUT2D eigenvalue weighted by atomic mass is 16.5. The van der Waals surface area contributed by atoms with Gasteiger partial charge in [0.2, 0.25) is 11.8 Å². The Morgan fingerprint density at radius 1 is 1.03 bits per heavy atom. The molecule has 1 atom stereocenters. The highest BCUT2D eigenvalue weighted by molar-refractivity contribution is 6.23. The number of urea groups is 1. The van der Waals surface area contributed by atoms with Crippen LogP contribution < -0.4 is 29.7 Å². The Labute approximate surface area is 167 Å². The summed E-state index contributed by atoms with van der Waals surface area (Å²) in [5.41, 5.74) is 0.665. The molecule has 4 amide bonds. The Morgan fingerprint density at radius 3 is 2.45 bits per heavy atom. The van der Waals surface area contributed by atoms with Crippen LogP contribution in [0, 0.1) is 5.92 Å². The summed E-state index contributed by atoms with van der Waals surface area (Å²) in [4.78, 5) is 39.0. The first-order chi connectivity index (χ1) is 14.0. The maximum atomic E-state index is 13.0. The zero-order valence-corrected chi connectivity index (χ0v) is 16.2. The third-order valence-corrected chi connectivity index (χ3v) is 4.47. The first-order valence-electron chi connectivity index (χ1n) is 8.77. The normalized spacial score (nSPS) is 16.1. The molecule has 1 aliphatic heterocycles. The summed E-state index contributed by atoms with van der Waals surface area (Å²) in [6.45, 7) is -0.115. The second-order valence-electron chi connectivity index (χ2n) is 6.17. The van der Waals surface area contributed by atoms with Crippen molar-refractivity contribution >= 4 is 29.2 Å². The number of carbonyl (C=O) groups excluding carboxylic acids is 3. The number of rotatable bonds is 6. The maximum Gasteiger partial charge on any atom is 0.328 e. The van der Waals surface area contributed by atoms with Gasteiger partial charge in [-0.25, -0.2) is 9.69 Å². The number of ether oxygens (including phenoxy) is 3. The largest absolute Gasteiger partial charge is 0.497 e. The standard InChI is InChI=1S/C20H21N3O6/c1-27-13-6-4-5-12(9-13)23-19(25)15(11-21-20(23)26)18(24)22-16-10-14(28-2)7-8-17(16)29-3/h4-10,15H,11H2,1-3H3,(H,21,26)(H,22,24). The van der Waals surface area contributed by atoms with Crippen LogP contribution in [0.4, 0.5) is 16.2 Å². The Morgan fingerprint density at radius 2 is 1.76 bits per heavy atom. The van der Waals surface area contributed by atoms with Gasteiger partial charge in [-0.1, -0.05) is 6.07 Å². The van der Waals surface area contributed by atoms with Crippen molar-refractivity contribution in [2.45, 2.75) is 0 Å². The molecule has 1 fully saturated rings. The molecule has 0 aliphatic carbocycles. The summed E-state index contributed by atoms with van der Waals surface area (Å²) < 4.78 is 15.5. The number of hydrogen-bond acceptors (Lipinski definition) is 6. The van der Waals surface area contributed by atoms with Crippen LogP contribution in [0.15, 0.2) is 42.5 Å². The predicted octanol–water partition coefficient (Wildman–Crippen LogP) is 2.02. The predicted molar refractivity (Wildman–Crippen MR) is 106 cm³/mol. The molecule has 0 saturated carbocycles. The maximum absolute atomic E-state index is 13.0. The van der Waals surface area contributed by atoms with Crippen LogP contribution >= 0.6 is 0 Å². The SMILES string of the molecule is COc1cccc(N2C(=O)NCC(C(=O)Nc3cc(OC)ccc3OC)C2=O)c1. The number of imide groups is 1. The van der Waals surface area contributed by atoms with E-state index in [4.69, 9.17) is 14.2 Å². The number of benzene rings is 2. The molecule has 152 valence electrons. The minimum atomic E-state index is -1.12. The molecule has 9 heteroatoms. The topological polar surface area (TPSA) is 106 Å². The summed E-state index contributed by atoms with van der Waals surface area (Å²) in [5.74, 6) is -0.917. The van der Waals surface area contributed by atoms with Crippen LogP contribution in [0.2, 0.25) is 0 Å². The summed E-state index contributed by atoms with van der Waals surface area (Å²) in [5, 5.41) is 5.25. The van der Waals surface area contributed by atoms with E-state index in [0.29, 0.717) is 28.6 Å². The van der Waals surface area contributed by atoms with Crippen LogP contribution in [-0.4, -0.2) is 45.7 Å². The number of hydrogen-bond donors (Lipinski definition) is 2. The Kier molecular flexibility index (Phi) is 5.87. The molecule has 0 radical (unpaired) electrons. The zero-order valence-electron chi connectivity index (χ0n) is 16.2. The van der Waals surface area contributed by atoms with Crippen molar-refractivity contribution in [3.63, 3.8) is 0 Å². The smallest absolute Gasteiger partial charge is 0.328 e. The van der Waals surface area contributed by atoms with Gasteiger partial charge < -0.3 is 24.8 Å². The average molecular weight is 399 g/mol. The molecule has 1 aliphatic rings. The Bertz CT molecular complexity index is 946. The number of anilines is 2. The number of nitrogens with one attached hydrogen (secondary N) is 2. The molecule has 1 saturated heterocycles. The lowest BCUT2D eigenvalue weighted by atomic mass is 10.0. The number of methoxy groups -OCH3 is 3. The minimum absolute atomic E-state index is 0.115. The van der Waals surface area contributed by atoms with E-state index < -0.39 is 23.8 Å². The lowest BCUT2D eigenvalue weighted by Crippen LogP contribution is -2.58. The number of carbonyl (C=O) groups is 3. The lowest BCUT2D eigenvalue weighted by molar-refractivity contribution is -0.130. The van der Waals surface area contributed by atoms with Crippen molar-refractivity contribution in [3.8, 4) is 17.2 Å². The van der Waals surface area contributed by atoms with E-state index in [-0.39, 0.29) is 6.54 Å². The zero-order chi connectivity index (χ0) is 21.0. The Balaban J connectivity index is 1.84. The molecule has 1 unspecified atom stereocenters. The van der Waals surface area contributed by atoms with Crippen LogP contribution in [0.1, 0.15) is 0 Å². The number of amides is 4. The third-order valence-electron chi connectivity index (χ3n) is 4.47. The fourth-order valence-electron chi connectivity index (χ4n) is 2.94. The van der Waals surface area contributed by atoms with Gasteiger partial charge in [-0.3, -0.25) is 9.59 Å². The van der Waals surface area contributed by atoms with Gasteiger partial charge in [-0.05, 0) is 24.3 Å². The van der Waals surface area contributed by atoms with Gasteiger partial charge in [0.15, 0.2) is 0 Å². The van der Waals surface area contributed by atoms with Crippen molar-refractivity contribution in [2.24, 2.45) is 5.92 Å². The summed E-state index contributed by atoms with van der Waals surface area (Å²) >= 11 is 0. The van der Waals surface area contributed by atoms with E-state index in [1.165, 1.54) is 21.3 Å². The van der Waals surface area contributed by atoms with Gasteiger partial charge in [-0.15, -0.1) is 0 Å². The van der Waals surface area contributed by atoms with E-state index >= 15 is 0 Å². The van der Waals surface area contributed by atoms with Crippen molar-refractivity contribution in [3.05, 3.63) is 42.5 Å². The highest BCUT2D eigenvalue weighted by Crippen LogP contribution is 2.30. The molecule has 2 aromatic rings. The quantitative estimate of drug-likeness (QED) is 0.720. The second-order valence-corrected chi connectivity index (χ2v) is 6.17. The van der Waals surface area contributed by atoms with Gasteiger partial charge in [-0.2, -0.15) is 0 Å². The van der Waals surface area contributed by atoms with Crippen molar-refractivity contribution in [1.82, 2.24) is 5.32 Å². The van der Waals surface area contributed by atoms with Crippen molar-refractivity contribution < 1.29 is 28.6 Å². The van der Waals surface area contributed by atoms with E-state index in [2.05, 4.69) is 10.6 Å². The molecular formula is C20H21N3O6. The van der Waals surface area contributed by atoms with E-state index in [1.54, 1.807) is 42.5 Å². The van der Waals surface area contributed by atoms with Crippen LogP contribution in [-0.2, 0) is 9.59 Å². The van der Waals surface area contributed by atoms with E-state index in [1.807, 2.05) is 0 Å². The summed E-state index contributed by atoms with van der Waals surface area (Å²) in [6.07, 6.45) is 0. The Hall–Kier alpha value is -3.75.